The lowest BCUT2D eigenvalue weighted by Crippen LogP contribution is -2.32. The molecule has 0 aliphatic heterocycles. The van der Waals surface area contributed by atoms with Crippen LogP contribution in [0.1, 0.15) is 29.5 Å². The highest BCUT2D eigenvalue weighted by Crippen LogP contribution is 2.36. The van der Waals surface area contributed by atoms with Crippen LogP contribution in [-0.4, -0.2) is 39.3 Å². The van der Waals surface area contributed by atoms with Crippen LogP contribution in [0.15, 0.2) is 42.5 Å². The summed E-state index contributed by atoms with van der Waals surface area (Å²) in [6, 6.07) is 15.4. The predicted molar refractivity (Wildman–Crippen MR) is 105 cm³/mol. The van der Waals surface area contributed by atoms with Gasteiger partial charge in [0.05, 0.1) is 6.61 Å². The number of rotatable bonds is 10. The molecule has 0 spiro atoms. The SMILES string of the molecule is COCCNCCNC(=O)CCCc1ccc2c(c1)-c1ccccc1C2. The minimum Gasteiger partial charge on any atom is -0.383 e. The number of nitrogens with one attached hydrogen (secondary N) is 2. The molecule has 0 bridgehead atoms. The first-order valence-electron chi connectivity index (χ1n) is 9.44. The molecule has 0 saturated carbocycles. The van der Waals surface area contributed by atoms with Crippen molar-refractivity contribution in [2.24, 2.45) is 0 Å². The van der Waals surface area contributed by atoms with E-state index >= 15 is 0 Å². The lowest BCUT2D eigenvalue weighted by atomic mass is 10.00. The minimum atomic E-state index is 0.130. The second-order valence-corrected chi connectivity index (χ2v) is 6.77. The third-order valence-corrected chi connectivity index (χ3v) is 4.84. The molecular formula is C22H28N2O2. The number of carbonyl (C=O) groups is 1. The monoisotopic (exact) mass is 352 g/mol. The van der Waals surface area contributed by atoms with Gasteiger partial charge in [-0.3, -0.25) is 4.79 Å². The van der Waals surface area contributed by atoms with E-state index < -0.39 is 0 Å². The quantitative estimate of drug-likeness (QED) is 0.552. The zero-order valence-electron chi connectivity index (χ0n) is 15.5. The van der Waals surface area contributed by atoms with Gasteiger partial charge in [0.25, 0.3) is 0 Å². The lowest BCUT2D eigenvalue weighted by Gasteiger charge is -2.08. The summed E-state index contributed by atoms with van der Waals surface area (Å²) in [6.07, 6.45) is 3.43. The third kappa shape index (κ3) is 4.93. The van der Waals surface area contributed by atoms with Crippen LogP contribution in [0.4, 0.5) is 0 Å². The summed E-state index contributed by atoms with van der Waals surface area (Å²) in [5.74, 6) is 0.130. The Morgan fingerprint density at radius 1 is 1.04 bits per heavy atom. The number of ether oxygens (including phenoxy) is 1. The molecule has 0 saturated heterocycles. The number of hydrogen-bond acceptors (Lipinski definition) is 3. The maximum atomic E-state index is 11.9. The molecule has 2 aromatic carbocycles. The summed E-state index contributed by atoms with van der Waals surface area (Å²) in [4.78, 5) is 11.9. The van der Waals surface area contributed by atoms with Crippen LogP contribution < -0.4 is 10.6 Å². The van der Waals surface area contributed by atoms with Crippen molar-refractivity contribution >= 4 is 5.91 Å². The highest BCUT2D eigenvalue weighted by molar-refractivity contribution is 5.77. The fourth-order valence-electron chi connectivity index (χ4n) is 3.46. The van der Waals surface area contributed by atoms with Crippen LogP contribution in [0.3, 0.4) is 0 Å². The van der Waals surface area contributed by atoms with Gasteiger partial charge in [-0.2, -0.15) is 0 Å². The fourth-order valence-corrected chi connectivity index (χ4v) is 3.46. The van der Waals surface area contributed by atoms with Crippen molar-refractivity contribution in [3.8, 4) is 11.1 Å². The van der Waals surface area contributed by atoms with E-state index in [1.165, 1.54) is 27.8 Å². The van der Waals surface area contributed by atoms with Crippen molar-refractivity contribution < 1.29 is 9.53 Å². The highest BCUT2D eigenvalue weighted by atomic mass is 16.5. The zero-order chi connectivity index (χ0) is 18.2. The normalized spacial score (nSPS) is 11.9. The predicted octanol–water partition coefficient (Wildman–Crippen LogP) is 2.93. The number of fused-ring (bicyclic) bond motifs is 3. The first-order chi connectivity index (χ1) is 12.8. The van der Waals surface area contributed by atoms with Gasteiger partial charge >= 0.3 is 0 Å². The molecule has 3 rings (SSSR count). The Labute approximate surface area is 156 Å². The average Bonchev–Trinajstić information content (AvgIpc) is 3.03. The summed E-state index contributed by atoms with van der Waals surface area (Å²) in [5, 5.41) is 6.17. The lowest BCUT2D eigenvalue weighted by molar-refractivity contribution is -0.121. The van der Waals surface area contributed by atoms with Crippen molar-refractivity contribution in [3.05, 3.63) is 59.2 Å². The van der Waals surface area contributed by atoms with Gasteiger partial charge in [0.2, 0.25) is 5.91 Å². The van der Waals surface area contributed by atoms with Crippen LogP contribution in [0, 0.1) is 0 Å². The molecule has 0 atom stereocenters. The molecule has 1 aliphatic carbocycles. The zero-order valence-corrected chi connectivity index (χ0v) is 15.5. The molecule has 0 unspecified atom stereocenters. The molecular weight excluding hydrogens is 324 g/mol. The summed E-state index contributed by atoms with van der Waals surface area (Å²) in [7, 11) is 1.68. The second-order valence-electron chi connectivity index (χ2n) is 6.77. The average molecular weight is 352 g/mol. The van der Waals surface area contributed by atoms with Gasteiger partial charge < -0.3 is 15.4 Å². The van der Waals surface area contributed by atoms with Crippen molar-refractivity contribution in [1.29, 1.82) is 0 Å². The molecule has 2 N–H and O–H groups in total. The van der Waals surface area contributed by atoms with E-state index in [0.717, 1.165) is 32.4 Å². The maximum absolute atomic E-state index is 11.9. The number of methoxy groups -OCH3 is 1. The summed E-state index contributed by atoms with van der Waals surface area (Å²) < 4.78 is 4.96. The first kappa shape index (κ1) is 18.6. The summed E-state index contributed by atoms with van der Waals surface area (Å²) in [6.45, 7) is 2.95. The molecule has 1 amide bonds. The van der Waals surface area contributed by atoms with Gasteiger partial charge in [0.1, 0.15) is 0 Å². The summed E-state index contributed by atoms with van der Waals surface area (Å²) >= 11 is 0. The number of amides is 1. The highest BCUT2D eigenvalue weighted by Gasteiger charge is 2.17. The first-order valence-corrected chi connectivity index (χ1v) is 9.44. The fraction of sp³-hybridized carbons (Fsp3) is 0.409. The van der Waals surface area contributed by atoms with Crippen LogP contribution in [0.25, 0.3) is 11.1 Å². The Balaban J connectivity index is 1.40. The van der Waals surface area contributed by atoms with E-state index in [9.17, 15) is 4.79 Å². The van der Waals surface area contributed by atoms with Gasteiger partial charge in [-0.25, -0.2) is 0 Å². The largest absolute Gasteiger partial charge is 0.383 e. The maximum Gasteiger partial charge on any atom is 0.220 e. The van der Waals surface area contributed by atoms with E-state index in [-0.39, 0.29) is 5.91 Å². The Morgan fingerprint density at radius 3 is 2.77 bits per heavy atom. The third-order valence-electron chi connectivity index (χ3n) is 4.84. The molecule has 0 radical (unpaired) electrons. The van der Waals surface area contributed by atoms with Crippen LogP contribution in [0.5, 0.6) is 0 Å². The van der Waals surface area contributed by atoms with Crippen molar-refractivity contribution in [1.82, 2.24) is 10.6 Å². The van der Waals surface area contributed by atoms with E-state index in [1.807, 2.05) is 0 Å². The molecule has 26 heavy (non-hydrogen) atoms. The molecule has 1 aliphatic rings. The van der Waals surface area contributed by atoms with E-state index in [1.54, 1.807) is 7.11 Å². The van der Waals surface area contributed by atoms with Crippen LogP contribution >= 0.6 is 0 Å². The Morgan fingerprint density at radius 2 is 1.88 bits per heavy atom. The molecule has 0 aromatic heterocycles. The number of benzene rings is 2. The van der Waals surface area contributed by atoms with Gasteiger partial charge in [0, 0.05) is 33.2 Å². The molecule has 2 aromatic rings. The number of hydrogen-bond donors (Lipinski definition) is 2. The number of carbonyl (C=O) groups excluding carboxylic acids is 1. The molecule has 4 heteroatoms. The Kier molecular flexibility index (Phi) is 6.81. The van der Waals surface area contributed by atoms with Crippen molar-refractivity contribution in [2.45, 2.75) is 25.7 Å². The molecule has 0 fully saturated rings. The van der Waals surface area contributed by atoms with Crippen molar-refractivity contribution in [3.63, 3.8) is 0 Å². The second kappa shape index (κ2) is 9.51. The molecule has 0 heterocycles. The summed E-state index contributed by atoms with van der Waals surface area (Å²) in [5.41, 5.74) is 6.87. The standard InChI is InChI=1S/C22H28N2O2/c1-26-14-13-23-11-12-24-22(25)8-4-5-17-9-10-19-16-18-6-2-3-7-20(18)21(19)15-17/h2-3,6-7,9-10,15,23H,4-5,8,11-14,16H2,1H3,(H,24,25). The molecule has 138 valence electrons. The van der Waals surface area contributed by atoms with Crippen LogP contribution in [-0.2, 0) is 22.4 Å². The van der Waals surface area contributed by atoms with E-state index in [0.29, 0.717) is 19.6 Å². The van der Waals surface area contributed by atoms with E-state index in [2.05, 4.69) is 53.1 Å². The number of aryl methyl sites for hydroxylation is 1. The van der Waals surface area contributed by atoms with Crippen molar-refractivity contribution in [2.75, 3.05) is 33.4 Å². The smallest absolute Gasteiger partial charge is 0.220 e. The van der Waals surface area contributed by atoms with Gasteiger partial charge in [-0.1, -0.05) is 42.5 Å². The van der Waals surface area contributed by atoms with Gasteiger partial charge in [-0.05, 0) is 47.1 Å². The van der Waals surface area contributed by atoms with Gasteiger partial charge in [-0.15, -0.1) is 0 Å². The molecule has 4 nitrogen and oxygen atoms in total. The topological polar surface area (TPSA) is 50.4 Å². The minimum absolute atomic E-state index is 0.130. The Hall–Kier alpha value is -2.17. The van der Waals surface area contributed by atoms with Crippen LogP contribution in [0.2, 0.25) is 0 Å². The van der Waals surface area contributed by atoms with Gasteiger partial charge in [0.15, 0.2) is 0 Å². The van der Waals surface area contributed by atoms with E-state index in [4.69, 9.17) is 4.74 Å². The Bertz CT molecular complexity index is 743.